The first kappa shape index (κ1) is 18.0. The summed E-state index contributed by atoms with van der Waals surface area (Å²) in [5, 5.41) is 3.79. The molecule has 0 spiro atoms. The predicted octanol–water partition coefficient (Wildman–Crippen LogP) is 3.59. The molecule has 1 N–H and O–H groups in total. The number of ether oxygens (including phenoxy) is 1. The third-order valence-corrected chi connectivity index (χ3v) is 3.72. The Kier molecular flexibility index (Phi) is 8.38. The molecule has 0 saturated carbocycles. The molecular formula is C15H27ClN4O. The molecular weight excluding hydrogens is 288 g/mol. The van der Waals surface area contributed by atoms with Crippen LogP contribution in [0.25, 0.3) is 0 Å². The minimum absolute atomic E-state index is 0.395. The van der Waals surface area contributed by atoms with Crippen LogP contribution in [0.1, 0.15) is 40.0 Å². The SMILES string of the molecule is CCCNc1ncc(Cl)c(N(CCOC)C(CC)CC)n1. The van der Waals surface area contributed by atoms with Crippen molar-refractivity contribution < 1.29 is 4.74 Å². The van der Waals surface area contributed by atoms with E-state index in [9.17, 15) is 0 Å². The van der Waals surface area contributed by atoms with Gasteiger partial charge in [-0.15, -0.1) is 0 Å². The Balaban J connectivity index is 3.03. The maximum absolute atomic E-state index is 6.33. The molecule has 0 bridgehead atoms. The van der Waals surface area contributed by atoms with Crippen LogP contribution in [0.4, 0.5) is 11.8 Å². The average molecular weight is 315 g/mol. The van der Waals surface area contributed by atoms with E-state index in [0.29, 0.717) is 23.6 Å². The van der Waals surface area contributed by atoms with Crippen LogP contribution in [-0.4, -0.2) is 42.8 Å². The molecule has 21 heavy (non-hydrogen) atoms. The van der Waals surface area contributed by atoms with Crippen LogP contribution >= 0.6 is 11.6 Å². The molecule has 120 valence electrons. The van der Waals surface area contributed by atoms with Gasteiger partial charge in [0.25, 0.3) is 0 Å². The molecule has 0 aliphatic rings. The molecule has 0 radical (unpaired) electrons. The standard InChI is InChI=1S/C15H27ClN4O/c1-5-8-17-15-18-11-13(16)14(19-15)20(9-10-21-4)12(6-2)7-3/h11-12H,5-10H2,1-4H3,(H,17,18,19). The normalized spacial score (nSPS) is 11.0. The van der Waals surface area contributed by atoms with Crippen LogP contribution in [0, 0.1) is 0 Å². The van der Waals surface area contributed by atoms with Gasteiger partial charge in [-0.05, 0) is 19.3 Å². The average Bonchev–Trinajstić information content (AvgIpc) is 2.51. The highest BCUT2D eigenvalue weighted by molar-refractivity contribution is 6.32. The summed E-state index contributed by atoms with van der Waals surface area (Å²) < 4.78 is 5.22. The molecule has 1 heterocycles. The van der Waals surface area contributed by atoms with Gasteiger partial charge in [0.2, 0.25) is 5.95 Å². The summed E-state index contributed by atoms with van der Waals surface area (Å²) in [7, 11) is 1.71. The summed E-state index contributed by atoms with van der Waals surface area (Å²) in [6.45, 7) is 8.74. The van der Waals surface area contributed by atoms with Gasteiger partial charge in [0.15, 0.2) is 5.82 Å². The Morgan fingerprint density at radius 2 is 2.05 bits per heavy atom. The first-order valence-corrected chi connectivity index (χ1v) is 8.07. The van der Waals surface area contributed by atoms with E-state index in [1.165, 1.54) is 0 Å². The molecule has 0 fully saturated rings. The zero-order valence-corrected chi connectivity index (χ0v) is 14.3. The van der Waals surface area contributed by atoms with Gasteiger partial charge in [0, 0.05) is 26.2 Å². The molecule has 5 nitrogen and oxygen atoms in total. The Bertz CT molecular complexity index is 413. The van der Waals surface area contributed by atoms with Crippen molar-refractivity contribution in [2.24, 2.45) is 0 Å². The van der Waals surface area contributed by atoms with Gasteiger partial charge in [-0.2, -0.15) is 4.98 Å². The highest BCUT2D eigenvalue weighted by Crippen LogP contribution is 2.27. The third-order valence-electron chi connectivity index (χ3n) is 3.45. The lowest BCUT2D eigenvalue weighted by Gasteiger charge is -2.32. The van der Waals surface area contributed by atoms with Crippen molar-refractivity contribution in [2.75, 3.05) is 37.0 Å². The van der Waals surface area contributed by atoms with Crippen molar-refractivity contribution in [3.05, 3.63) is 11.2 Å². The maximum atomic E-state index is 6.33. The molecule has 1 aromatic heterocycles. The summed E-state index contributed by atoms with van der Waals surface area (Å²) >= 11 is 6.33. The number of aromatic nitrogens is 2. The number of methoxy groups -OCH3 is 1. The van der Waals surface area contributed by atoms with E-state index in [0.717, 1.165) is 38.2 Å². The van der Waals surface area contributed by atoms with E-state index >= 15 is 0 Å². The van der Waals surface area contributed by atoms with Gasteiger partial charge in [-0.1, -0.05) is 32.4 Å². The van der Waals surface area contributed by atoms with E-state index in [1.54, 1.807) is 13.3 Å². The quantitative estimate of drug-likeness (QED) is 0.715. The summed E-state index contributed by atoms with van der Waals surface area (Å²) in [5.41, 5.74) is 0. The summed E-state index contributed by atoms with van der Waals surface area (Å²) in [6.07, 6.45) is 4.78. The molecule has 0 atom stereocenters. The van der Waals surface area contributed by atoms with E-state index < -0.39 is 0 Å². The molecule has 0 amide bonds. The van der Waals surface area contributed by atoms with Gasteiger partial charge < -0.3 is 15.0 Å². The van der Waals surface area contributed by atoms with Gasteiger partial charge in [0.05, 0.1) is 12.8 Å². The Morgan fingerprint density at radius 1 is 1.33 bits per heavy atom. The predicted molar refractivity (Wildman–Crippen MR) is 89.4 cm³/mol. The van der Waals surface area contributed by atoms with Crippen molar-refractivity contribution in [1.82, 2.24) is 9.97 Å². The summed E-state index contributed by atoms with van der Waals surface area (Å²) in [6, 6.07) is 0.395. The second-order valence-electron chi connectivity index (χ2n) is 4.95. The highest BCUT2D eigenvalue weighted by Gasteiger charge is 2.20. The fraction of sp³-hybridized carbons (Fsp3) is 0.733. The van der Waals surface area contributed by atoms with E-state index in [2.05, 4.69) is 41.0 Å². The molecule has 1 rings (SSSR count). The van der Waals surface area contributed by atoms with Crippen LogP contribution in [0.3, 0.4) is 0 Å². The third kappa shape index (κ3) is 5.32. The molecule has 0 aliphatic carbocycles. The second-order valence-corrected chi connectivity index (χ2v) is 5.36. The van der Waals surface area contributed by atoms with E-state index in [-0.39, 0.29) is 0 Å². The topological polar surface area (TPSA) is 50.3 Å². The van der Waals surface area contributed by atoms with Crippen molar-refractivity contribution in [3.63, 3.8) is 0 Å². The smallest absolute Gasteiger partial charge is 0.224 e. The first-order valence-electron chi connectivity index (χ1n) is 7.69. The second kappa shape index (κ2) is 9.79. The molecule has 0 saturated heterocycles. The van der Waals surface area contributed by atoms with Gasteiger partial charge in [-0.25, -0.2) is 4.98 Å². The van der Waals surface area contributed by atoms with Gasteiger partial charge in [-0.3, -0.25) is 0 Å². The lowest BCUT2D eigenvalue weighted by atomic mass is 10.1. The van der Waals surface area contributed by atoms with Crippen molar-refractivity contribution in [1.29, 1.82) is 0 Å². The number of anilines is 2. The van der Waals surface area contributed by atoms with Crippen molar-refractivity contribution in [2.45, 2.75) is 46.1 Å². The number of hydrogen-bond donors (Lipinski definition) is 1. The van der Waals surface area contributed by atoms with E-state index in [4.69, 9.17) is 16.3 Å². The fourth-order valence-corrected chi connectivity index (χ4v) is 2.46. The van der Waals surface area contributed by atoms with Crippen molar-refractivity contribution in [3.8, 4) is 0 Å². The number of nitrogens with one attached hydrogen (secondary N) is 1. The van der Waals surface area contributed by atoms with E-state index in [1.807, 2.05) is 0 Å². The number of halogens is 1. The zero-order valence-electron chi connectivity index (χ0n) is 13.5. The fourth-order valence-electron chi connectivity index (χ4n) is 2.26. The summed E-state index contributed by atoms with van der Waals surface area (Å²) in [4.78, 5) is 11.1. The minimum Gasteiger partial charge on any atom is -0.383 e. The minimum atomic E-state index is 0.395. The maximum Gasteiger partial charge on any atom is 0.224 e. The Morgan fingerprint density at radius 3 is 2.62 bits per heavy atom. The monoisotopic (exact) mass is 314 g/mol. The van der Waals surface area contributed by atoms with Crippen molar-refractivity contribution >= 4 is 23.4 Å². The number of rotatable bonds is 10. The summed E-state index contributed by atoms with van der Waals surface area (Å²) in [5.74, 6) is 1.42. The van der Waals surface area contributed by atoms with Crippen LogP contribution in [0.5, 0.6) is 0 Å². The lowest BCUT2D eigenvalue weighted by Crippen LogP contribution is -2.38. The van der Waals surface area contributed by atoms with Crippen LogP contribution in [-0.2, 0) is 4.74 Å². The lowest BCUT2D eigenvalue weighted by molar-refractivity contribution is 0.202. The molecule has 0 aliphatic heterocycles. The largest absolute Gasteiger partial charge is 0.383 e. The molecule has 0 unspecified atom stereocenters. The van der Waals surface area contributed by atoms with Crippen LogP contribution < -0.4 is 10.2 Å². The zero-order chi connectivity index (χ0) is 15.7. The Hall–Kier alpha value is -1.07. The first-order chi connectivity index (χ1) is 10.2. The van der Waals surface area contributed by atoms with Gasteiger partial charge in [0.1, 0.15) is 5.02 Å². The van der Waals surface area contributed by atoms with Gasteiger partial charge >= 0.3 is 0 Å². The van der Waals surface area contributed by atoms with Crippen LogP contribution in [0.2, 0.25) is 5.02 Å². The van der Waals surface area contributed by atoms with Crippen LogP contribution in [0.15, 0.2) is 6.20 Å². The Labute approximate surface area is 133 Å². The number of nitrogens with zero attached hydrogens (tertiary/aromatic N) is 3. The highest BCUT2D eigenvalue weighted by atomic mass is 35.5. The molecule has 0 aromatic carbocycles. The molecule has 1 aromatic rings. The number of hydrogen-bond acceptors (Lipinski definition) is 5. The molecule has 6 heteroatoms.